The number of nitrogens with zero attached hydrogens (tertiary/aromatic N) is 1. The molecule has 1 fully saturated rings. The number of amides is 1. The first-order chi connectivity index (χ1) is 10.3. The van der Waals surface area contributed by atoms with Crippen molar-refractivity contribution < 1.29 is 14.3 Å². The number of nitrogens with one attached hydrogen (secondary N) is 1. The van der Waals surface area contributed by atoms with E-state index in [0.29, 0.717) is 19.6 Å². The smallest absolute Gasteiger partial charge is 0.306 e. The fourth-order valence-corrected chi connectivity index (χ4v) is 2.78. The maximum atomic E-state index is 12.2. The van der Waals surface area contributed by atoms with Crippen LogP contribution in [0, 0.1) is 11.3 Å². The second-order valence-corrected chi connectivity index (χ2v) is 7.08. The third-order valence-corrected chi connectivity index (χ3v) is 3.84. The summed E-state index contributed by atoms with van der Waals surface area (Å²) in [5.41, 5.74) is 5.24. The first kappa shape index (κ1) is 18.9. The van der Waals surface area contributed by atoms with Crippen LogP contribution in [0.2, 0.25) is 0 Å². The van der Waals surface area contributed by atoms with Crippen LogP contribution < -0.4 is 11.1 Å². The molecule has 0 radical (unpaired) electrons. The van der Waals surface area contributed by atoms with Gasteiger partial charge in [0.05, 0.1) is 6.61 Å². The van der Waals surface area contributed by atoms with Crippen molar-refractivity contribution in [1.29, 1.82) is 0 Å². The fraction of sp³-hybridized carbons (Fsp3) is 0.875. The molecule has 22 heavy (non-hydrogen) atoms. The molecule has 1 heterocycles. The van der Waals surface area contributed by atoms with Crippen LogP contribution in [0.4, 0.5) is 0 Å². The fourth-order valence-electron chi connectivity index (χ4n) is 2.78. The van der Waals surface area contributed by atoms with Crippen LogP contribution in [0.5, 0.6) is 0 Å². The molecular formula is C16H31N3O3. The summed E-state index contributed by atoms with van der Waals surface area (Å²) in [5.74, 6) is 0.0783. The number of hydrogen-bond donors (Lipinski definition) is 2. The number of carbonyl (C=O) groups excluding carboxylic acids is 2. The Balaban J connectivity index is 2.64. The van der Waals surface area contributed by atoms with E-state index in [2.05, 4.69) is 10.2 Å². The topological polar surface area (TPSA) is 84.7 Å². The Morgan fingerprint density at radius 3 is 2.55 bits per heavy atom. The van der Waals surface area contributed by atoms with Crippen molar-refractivity contribution in [3.05, 3.63) is 0 Å². The molecule has 3 N–H and O–H groups in total. The number of ether oxygens (including phenoxy) is 1. The van der Waals surface area contributed by atoms with Gasteiger partial charge in [0.25, 0.3) is 0 Å². The van der Waals surface area contributed by atoms with Gasteiger partial charge in [-0.2, -0.15) is 0 Å². The molecule has 0 spiro atoms. The van der Waals surface area contributed by atoms with Gasteiger partial charge in [-0.25, -0.2) is 0 Å². The van der Waals surface area contributed by atoms with Crippen LogP contribution >= 0.6 is 0 Å². The predicted molar refractivity (Wildman–Crippen MR) is 86.2 cm³/mol. The lowest BCUT2D eigenvalue weighted by Gasteiger charge is -2.38. The van der Waals surface area contributed by atoms with Crippen molar-refractivity contribution in [2.45, 2.75) is 46.6 Å². The highest BCUT2D eigenvalue weighted by Crippen LogP contribution is 2.22. The number of rotatable bonds is 6. The van der Waals surface area contributed by atoms with Crippen molar-refractivity contribution >= 4 is 11.9 Å². The largest absolute Gasteiger partial charge is 0.466 e. The minimum absolute atomic E-state index is 0.0435. The molecule has 0 aromatic rings. The quantitative estimate of drug-likeness (QED) is 0.707. The van der Waals surface area contributed by atoms with E-state index >= 15 is 0 Å². The zero-order chi connectivity index (χ0) is 16.8. The number of nitrogens with two attached hydrogens (primary N) is 1. The monoisotopic (exact) mass is 313 g/mol. The Hall–Kier alpha value is -1.14. The average Bonchev–Trinajstić information content (AvgIpc) is 2.37. The second-order valence-electron chi connectivity index (χ2n) is 7.08. The van der Waals surface area contributed by atoms with E-state index < -0.39 is 5.41 Å². The number of carbonyl (C=O) groups is 2. The SMILES string of the molecule is CCOC(=O)CC1CC(NC(=O)C(C)(C)C)CN(CCN)C1. The van der Waals surface area contributed by atoms with Crippen molar-refractivity contribution in [1.82, 2.24) is 10.2 Å². The molecule has 2 unspecified atom stereocenters. The molecule has 2 atom stereocenters. The van der Waals surface area contributed by atoms with Crippen molar-refractivity contribution in [3.8, 4) is 0 Å². The van der Waals surface area contributed by atoms with Gasteiger partial charge in [0, 0.05) is 44.1 Å². The van der Waals surface area contributed by atoms with Gasteiger partial charge >= 0.3 is 5.97 Å². The Bertz CT molecular complexity index is 379. The number of piperidine rings is 1. The lowest BCUT2D eigenvalue weighted by Crippen LogP contribution is -2.53. The minimum atomic E-state index is -0.410. The Kier molecular flexibility index (Phi) is 7.29. The van der Waals surface area contributed by atoms with Gasteiger partial charge in [-0.05, 0) is 19.3 Å². The maximum Gasteiger partial charge on any atom is 0.306 e. The van der Waals surface area contributed by atoms with Crippen LogP contribution in [0.3, 0.4) is 0 Å². The Morgan fingerprint density at radius 2 is 2.00 bits per heavy atom. The standard InChI is InChI=1S/C16H31N3O3/c1-5-22-14(20)9-12-8-13(11-19(10-12)7-6-17)18-15(21)16(2,3)4/h12-13H,5-11,17H2,1-4H3,(H,18,21). The van der Waals surface area contributed by atoms with E-state index in [0.717, 1.165) is 26.1 Å². The number of hydrogen-bond acceptors (Lipinski definition) is 5. The molecule has 6 heteroatoms. The molecule has 128 valence electrons. The van der Waals surface area contributed by atoms with Crippen molar-refractivity contribution in [3.63, 3.8) is 0 Å². The number of esters is 1. The molecule has 6 nitrogen and oxygen atoms in total. The molecule has 1 aliphatic heterocycles. The van der Waals surface area contributed by atoms with Crippen LogP contribution in [-0.2, 0) is 14.3 Å². The van der Waals surface area contributed by atoms with Crippen LogP contribution in [0.25, 0.3) is 0 Å². The molecule has 0 bridgehead atoms. The van der Waals surface area contributed by atoms with Gasteiger partial charge in [0.15, 0.2) is 0 Å². The summed E-state index contributed by atoms with van der Waals surface area (Å²) in [6.45, 7) is 10.9. The van der Waals surface area contributed by atoms with Crippen molar-refractivity contribution in [2.75, 3.05) is 32.8 Å². The Labute approximate surface area is 133 Å². The third kappa shape index (κ3) is 6.32. The summed E-state index contributed by atoms with van der Waals surface area (Å²) in [4.78, 5) is 26.1. The highest BCUT2D eigenvalue weighted by atomic mass is 16.5. The molecule has 1 aliphatic rings. The predicted octanol–water partition coefficient (Wildman–Crippen LogP) is 0.751. The summed E-state index contributed by atoms with van der Waals surface area (Å²) in [6, 6.07) is 0.0615. The van der Waals surface area contributed by atoms with E-state index in [9.17, 15) is 9.59 Å². The lowest BCUT2D eigenvalue weighted by atomic mass is 9.89. The van der Waals surface area contributed by atoms with Crippen molar-refractivity contribution in [2.24, 2.45) is 17.1 Å². The molecule has 1 saturated heterocycles. The minimum Gasteiger partial charge on any atom is -0.466 e. The van der Waals surface area contributed by atoms with Gasteiger partial charge < -0.3 is 15.8 Å². The summed E-state index contributed by atoms with van der Waals surface area (Å²) < 4.78 is 5.04. The maximum absolute atomic E-state index is 12.2. The molecule has 0 aromatic heterocycles. The van der Waals surface area contributed by atoms with Crippen LogP contribution in [0.15, 0.2) is 0 Å². The molecular weight excluding hydrogens is 282 g/mol. The third-order valence-electron chi connectivity index (χ3n) is 3.84. The summed E-state index contributed by atoms with van der Waals surface area (Å²) in [7, 11) is 0. The summed E-state index contributed by atoms with van der Waals surface area (Å²) in [6.07, 6.45) is 1.21. The van der Waals surface area contributed by atoms with Crippen LogP contribution in [-0.4, -0.2) is 55.6 Å². The van der Waals surface area contributed by atoms with E-state index in [4.69, 9.17) is 10.5 Å². The zero-order valence-corrected chi connectivity index (χ0v) is 14.4. The van der Waals surface area contributed by atoms with Gasteiger partial charge in [-0.15, -0.1) is 0 Å². The van der Waals surface area contributed by atoms with E-state index in [1.807, 2.05) is 27.7 Å². The van der Waals surface area contributed by atoms with Gasteiger partial charge in [0.2, 0.25) is 5.91 Å². The average molecular weight is 313 g/mol. The zero-order valence-electron chi connectivity index (χ0n) is 14.4. The second kappa shape index (κ2) is 8.48. The first-order valence-corrected chi connectivity index (χ1v) is 8.15. The molecule has 0 aliphatic carbocycles. The summed E-state index contributed by atoms with van der Waals surface area (Å²) >= 11 is 0. The highest BCUT2D eigenvalue weighted by Gasteiger charge is 2.31. The Morgan fingerprint density at radius 1 is 1.32 bits per heavy atom. The van der Waals surface area contributed by atoms with E-state index in [1.165, 1.54) is 0 Å². The number of likely N-dealkylation sites (tertiary alicyclic amines) is 1. The molecule has 1 rings (SSSR count). The lowest BCUT2D eigenvalue weighted by molar-refractivity contribution is -0.144. The molecule has 1 amide bonds. The first-order valence-electron chi connectivity index (χ1n) is 8.15. The normalized spacial score (nSPS) is 23.1. The van der Waals surface area contributed by atoms with E-state index in [-0.39, 0.29) is 23.8 Å². The van der Waals surface area contributed by atoms with Gasteiger partial charge in [-0.1, -0.05) is 20.8 Å². The van der Waals surface area contributed by atoms with Gasteiger partial charge in [0.1, 0.15) is 0 Å². The van der Waals surface area contributed by atoms with Crippen LogP contribution in [0.1, 0.15) is 40.5 Å². The summed E-state index contributed by atoms with van der Waals surface area (Å²) in [5, 5.41) is 3.11. The highest BCUT2D eigenvalue weighted by molar-refractivity contribution is 5.81. The van der Waals surface area contributed by atoms with Gasteiger partial charge in [-0.3, -0.25) is 14.5 Å². The van der Waals surface area contributed by atoms with E-state index in [1.54, 1.807) is 0 Å². The molecule has 0 saturated carbocycles. The molecule has 0 aromatic carbocycles.